The predicted molar refractivity (Wildman–Crippen MR) is 73.7 cm³/mol. The highest BCUT2D eigenvalue weighted by Gasteiger charge is 2.19. The molecule has 1 N–H and O–H groups in total. The van der Waals surface area contributed by atoms with Crippen LogP contribution >= 0.6 is 0 Å². The van der Waals surface area contributed by atoms with Crippen molar-refractivity contribution in [3.8, 4) is 0 Å². The zero-order valence-corrected chi connectivity index (χ0v) is 10.4. The number of carbonyl (C=O) groups is 2. The molecule has 0 saturated heterocycles. The van der Waals surface area contributed by atoms with E-state index in [-0.39, 0.29) is 5.56 Å². The van der Waals surface area contributed by atoms with Gasteiger partial charge < -0.3 is 14.8 Å². The van der Waals surface area contributed by atoms with Crippen LogP contribution < -0.4 is 5.32 Å². The standard InChI is InChI=1S/C15H21NO3/c1-11-5-4-6-13(7-11)9-16-15(18)14(10-19-3)8-12(2)17/h4-7,14H,8-10H2,1-3H3,(H,16,18)/i3D3,4D,5D,6D,7D,9D2,10D2,14D. The normalized spacial score (nSPS) is 24.9. The molecule has 4 nitrogen and oxygen atoms in total. The second-order valence-corrected chi connectivity index (χ2v) is 3.64. The van der Waals surface area contributed by atoms with Gasteiger partial charge in [0.05, 0.1) is 27.5 Å². The summed E-state index contributed by atoms with van der Waals surface area (Å²) in [5.74, 6) is -5.92. The Morgan fingerprint density at radius 2 is 2.42 bits per heavy atom. The van der Waals surface area contributed by atoms with Crippen LogP contribution in [0.25, 0.3) is 0 Å². The number of hydrogen-bond donors (Lipinski definition) is 1. The molecule has 0 aliphatic rings. The number of rotatable bonds is 7. The summed E-state index contributed by atoms with van der Waals surface area (Å²) in [6.07, 6.45) is -1.17. The first kappa shape index (κ1) is 5.37. The molecule has 0 saturated carbocycles. The Bertz CT molecular complexity index is 869. The molecular weight excluding hydrogens is 242 g/mol. The van der Waals surface area contributed by atoms with Crippen molar-refractivity contribution >= 4 is 11.7 Å². The molecule has 1 aromatic carbocycles. The minimum atomic E-state index is -3.57. The average Bonchev–Trinajstić information content (AvgIpc) is 2.54. The van der Waals surface area contributed by atoms with Crippen LogP contribution in [0.15, 0.2) is 24.2 Å². The third-order valence-electron chi connectivity index (χ3n) is 1.93. The maximum absolute atomic E-state index is 12.8. The monoisotopic (exact) mass is 275 g/mol. The van der Waals surface area contributed by atoms with E-state index in [0.717, 1.165) is 6.92 Å². The molecule has 1 atom stereocenters. The van der Waals surface area contributed by atoms with Crippen LogP contribution in [-0.4, -0.2) is 25.3 Å². The molecule has 0 aliphatic carbocycles. The summed E-state index contributed by atoms with van der Waals surface area (Å²) < 4.78 is 96.6. The second kappa shape index (κ2) is 7.69. The van der Waals surface area contributed by atoms with E-state index in [2.05, 4.69) is 4.74 Å². The van der Waals surface area contributed by atoms with Crippen molar-refractivity contribution in [1.82, 2.24) is 5.32 Å². The molecule has 0 bridgehead atoms. The first-order valence-corrected chi connectivity index (χ1v) is 5.27. The van der Waals surface area contributed by atoms with Crippen LogP contribution in [-0.2, 0) is 20.8 Å². The quantitative estimate of drug-likeness (QED) is 0.826. The van der Waals surface area contributed by atoms with Gasteiger partial charge in [0.15, 0.2) is 0 Å². The van der Waals surface area contributed by atoms with E-state index in [0.29, 0.717) is 0 Å². The molecule has 104 valence electrons. The number of amides is 1. The lowest BCUT2D eigenvalue weighted by Gasteiger charge is -2.14. The fraction of sp³-hybridized carbons (Fsp3) is 0.467. The van der Waals surface area contributed by atoms with E-state index in [9.17, 15) is 9.59 Å². The molecule has 0 fully saturated rings. The summed E-state index contributed by atoms with van der Waals surface area (Å²) in [4.78, 5) is 24.4. The molecule has 4 heteroatoms. The lowest BCUT2D eigenvalue weighted by atomic mass is 10.0. The number of hydrogen-bond acceptors (Lipinski definition) is 3. The van der Waals surface area contributed by atoms with Crippen LogP contribution in [0.1, 0.15) is 40.9 Å². The van der Waals surface area contributed by atoms with Gasteiger partial charge in [-0.15, -0.1) is 0 Å². The molecule has 0 spiro atoms. The van der Waals surface area contributed by atoms with Gasteiger partial charge >= 0.3 is 0 Å². The van der Waals surface area contributed by atoms with Crippen molar-refractivity contribution < 1.29 is 30.8 Å². The third-order valence-corrected chi connectivity index (χ3v) is 1.93. The molecule has 0 aromatic heterocycles. The predicted octanol–water partition coefficient (Wildman–Crippen LogP) is 1.85. The average molecular weight is 275 g/mol. The van der Waals surface area contributed by atoms with Crippen LogP contribution in [0.5, 0.6) is 0 Å². The van der Waals surface area contributed by atoms with Crippen LogP contribution in [0.4, 0.5) is 0 Å². The van der Waals surface area contributed by atoms with Gasteiger partial charge in [0.25, 0.3) is 0 Å². The molecule has 1 unspecified atom stereocenters. The summed E-state index contributed by atoms with van der Waals surface area (Å²) in [7, 11) is -3.39. The Morgan fingerprint density at radius 3 is 3.11 bits per heavy atom. The van der Waals surface area contributed by atoms with Crippen molar-refractivity contribution in [3.63, 3.8) is 0 Å². The third kappa shape index (κ3) is 5.66. The summed E-state index contributed by atoms with van der Waals surface area (Å²) in [6, 6.07) is -2.76. The number of nitrogens with one attached hydrogen (secondary N) is 1. The summed E-state index contributed by atoms with van der Waals surface area (Å²) in [5.41, 5.74) is -0.974. The second-order valence-electron chi connectivity index (χ2n) is 3.64. The maximum atomic E-state index is 12.8. The van der Waals surface area contributed by atoms with Gasteiger partial charge in [-0.1, -0.05) is 29.7 Å². The zero-order valence-electron chi connectivity index (χ0n) is 22.4. The maximum Gasteiger partial charge on any atom is 0.226 e. The van der Waals surface area contributed by atoms with Gasteiger partial charge in [-0.3, -0.25) is 4.79 Å². The molecule has 1 rings (SSSR count). The number of ketones is 1. The Labute approximate surface area is 131 Å². The lowest BCUT2D eigenvalue weighted by Crippen LogP contribution is -2.33. The van der Waals surface area contributed by atoms with E-state index >= 15 is 0 Å². The molecule has 19 heavy (non-hydrogen) atoms. The van der Waals surface area contributed by atoms with Crippen molar-refractivity contribution in [2.45, 2.75) is 26.8 Å². The van der Waals surface area contributed by atoms with E-state index in [4.69, 9.17) is 16.4 Å². The molecule has 0 heterocycles. The van der Waals surface area contributed by atoms with E-state index in [1.165, 1.54) is 6.92 Å². The van der Waals surface area contributed by atoms with Crippen LogP contribution in [0.3, 0.4) is 0 Å². The molecule has 0 radical (unpaired) electrons. The summed E-state index contributed by atoms with van der Waals surface area (Å²) >= 11 is 0. The zero-order chi connectivity index (χ0) is 24.7. The van der Waals surface area contributed by atoms with Gasteiger partial charge in [0.2, 0.25) is 5.91 Å². The Kier molecular flexibility index (Phi) is 2.17. The first-order valence-electron chi connectivity index (χ1n) is 11.3. The Balaban J connectivity index is 3.54. The van der Waals surface area contributed by atoms with Crippen molar-refractivity contribution in [1.29, 1.82) is 0 Å². The minimum Gasteiger partial charge on any atom is -0.384 e. The molecule has 1 amide bonds. The Hall–Kier alpha value is -1.68. The van der Waals surface area contributed by atoms with E-state index in [1.54, 1.807) is 5.32 Å². The summed E-state index contributed by atoms with van der Waals surface area (Å²) in [5, 5.41) is 1.63. The van der Waals surface area contributed by atoms with Gasteiger partial charge in [-0.2, -0.15) is 0 Å². The lowest BCUT2D eigenvalue weighted by molar-refractivity contribution is -0.130. The largest absolute Gasteiger partial charge is 0.384 e. The first-order chi connectivity index (χ1) is 13.7. The highest BCUT2D eigenvalue weighted by molar-refractivity contribution is 5.85. The topological polar surface area (TPSA) is 55.4 Å². The van der Waals surface area contributed by atoms with Crippen LogP contribution in [0.2, 0.25) is 0 Å². The number of methoxy groups -OCH3 is 1. The molecule has 1 aromatic rings. The van der Waals surface area contributed by atoms with Gasteiger partial charge in [-0.25, -0.2) is 0 Å². The number of ether oxygens (including phenoxy) is 1. The fourth-order valence-electron chi connectivity index (χ4n) is 1.17. The number of benzene rings is 1. The minimum absolute atomic E-state index is 0.156. The van der Waals surface area contributed by atoms with E-state index in [1.807, 2.05) is 0 Å². The van der Waals surface area contributed by atoms with Gasteiger partial charge in [0.1, 0.15) is 5.78 Å². The number of carbonyl (C=O) groups excluding carboxylic acids is 2. The SMILES string of the molecule is [2H]c1c([2H])c(C)c([2H])c(C([2H])([2H])NC(=O)C([2H])(CC(C)=O)C([2H])([2H])OC([2H])([2H])[2H])c1[2H]. The van der Waals surface area contributed by atoms with Crippen molar-refractivity contribution in [2.24, 2.45) is 5.89 Å². The number of Topliss-reactive ketones (excluding diaryl/α,β-unsaturated/α-hetero) is 1. The Morgan fingerprint density at radius 1 is 1.63 bits per heavy atom. The smallest absolute Gasteiger partial charge is 0.226 e. The van der Waals surface area contributed by atoms with Crippen molar-refractivity contribution in [3.05, 3.63) is 35.3 Å². The fourth-order valence-corrected chi connectivity index (χ4v) is 1.17. The van der Waals surface area contributed by atoms with Gasteiger partial charge in [0, 0.05) is 21.3 Å². The molecular formula is C15H21NO3. The summed E-state index contributed by atoms with van der Waals surface area (Å²) in [6.45, 7) is -4.54. The molecule has 0 aliphatic heterocycles. The highest BCUT2D eigenvalue weighted by Crippen LogP contribution is 2.07. The van der Waals surface area contributed by atoms with E-state index < -0.39 is 73.8 Å². The van der Waals surface area contributed by atoms with Crippen molar-refractivity contribution in [2.75, 3.05) is 13.6 Å². The van der Waals surface area contributed by atoms with Crippen LogP contribution in [0, 0.1) is 12.8 Å². The van der Waals surface area contributed by atoms with Gasteiger partial charge in [-0.05, 0) is 19.4 Å². The highest BCUT2D eigenvalue weighted by atomic mass is 16.5.